The molecule has 1 aliphatic rings. The Morgan fingerprint density at radius 1 is 1.57 bits per heavy atom. The van der Waals surface area contributed by atoms with E-state index in [-0.39, 0.29) is 18.6 Å². The maximum absolute atomic E-state index is 12.4. The topological polar surface area (TPSA) is 49.3 Å². The van der Waals surface area contributed by atoms with E-state index in [1.54, 1.807) is 0 Å². The quantitative estimate of drug-likeness (QED) is 0.825. The molecule has 3 nitrogen and oxygen atoms in total. The maximum atomic E-state index is 12.4. The number of aliphatic hydroxyl groups excluding tert-OH is 1. The smallest absolute Gasteiger partial charge is 0.261 e. The van der Waals surface area contributed by atoms with Crippen LogP contribution in [0.15, 0.2) is 6.07 Å². The first-order valence-electron chi connectivity index (χ1n) is 7.42. The summed E-state index contributed by atoms with van der Waals surface area (Å²) in [4.78, 5) is 13.9. The number of hydrogen-bond acceptors (Lipinski definition) is 3. The van der Waals surface area contributed by atoms with E-state index < -0.39 is 0 Å². The summed E-state index contributed by atoms with van der Waals surface area (Å²) in [5.41, 5.74) is 1.31. The zero-order valence-electron chi connectivity index (χ0n) is 13.0. The lowest BCUT2D eigenvalue weighted by atomic mass is 9.75. The molecule has 1 aliphatic carbocycles. The van der Waals surface area contributed by atoms with Crippen molar-refractivity contribution in [2.75, 3.05) is 6.61 Å². The summed E-state index contributed by atoms with van der Waals surface area (Å²) in [6.07, 6.45) is 4.52. The molecule has 1 saturated carbocycles. The summed E-state index contributed by atoms with van der Waals surface area (Å²) in [5, 5.41) is 11.9. The molecule has 1 aromatic rings. The van der Waals surface area contributed by atoms with Gasteiger partial charge in [0.1, 0.15) is 6.61 Å². The first-order valence-corrected chi connectivity index (χ1v) is 8.24. The Morgan fingerprint density at radius 3 is 3.00 bits per heavy atom. The number of aliphatic hydroxyl groups is 1. The molecule has 1 amide bonds. The number of hydrogen-bond donors (Lipinski definition) is 2. The molecule has 2 N–H and O–H groups in total. The minimum atomic E-state index is -0.157. The first kappa shape index (κ1) is 16.1. The van der Waals surface area contributed by atoms with Crippen molar-refractivity contribution in [1.82, 2.24) is 5.32 Å². The van der Waals surface area contributed by atoms with Gasteiger partial charge in [-0.15, -0.1) is 11.3 Å². The lowest BCUT2D eigenvalue weighted by Gasteiger charge is -2.35. The molecule has 21 heavy (non-hydrogen) atoms. The summed E-state index contributed by atoms with van der Waals surface area (Å²) >= 11 is 1.40. The number of carbonyl (C=O) groups is 1. The van der Waals surface area contributed by atoms with Gasteiger partial charge in [0.15, 0.2) is 0 Å². The fourth-order valence-corrected chi connectivity index (χ4v) is 3.87. The van der Waals surface area contributed by atoms with Crippen LogP contribution in [0.5, 0.6) is 0 Å². The van der Waals surface area contributed by atoms with Crippen molar-refractivity contribution in [3.05, 3.63) is 21.4 Å². The molecule has 0 aliphatic heterocycles. The third-order valence-electron chi connectivity index (χ3n) is 3.96. The highest BCUT2D eigenvalue weighted by Crippen LogP contribution is 2.35. The Kier molecular flexibility index (Phi) is 5.08. The zero-order valence-corrected chi connectivity index (χ0v) is 13.8. The van der Waals surface area contributed by atoms with Gasteiger partial charge in [0.05, 0.1) is 9.75 Å². The fourth-order valence-electron chi connectivity index (χ4n) is 2.92. The second-order valence-corrected chi connectivity index (χ2v) is 7.57. The molecular weight excluding hydrogens is 282 g/mol. The first-order chi connectivity index (χ1) is 9.91. The largest absolute Gasteiger partial charge is 0.384 e. The number of amides is 1. The summed E-state index contributed by atoms with van der Waals surface area (Å²) < 4.78 is 0. The minimum absolute atomic E-state index is 0.00264. The average molecular weight is 305 g/mol. The van der Waals surface area contributed by atoms with Gasteiger partial charge < -0.3 is 10.4 Å². The highest BCUT2D eigenvalue weighted by atomic mass is 32.1. The SMILES string of the molecule is Cc1cc(C(=O)NC2CCCC(C)(C)C2)sc1C#CCO. The summed E-state index contributed by atoms with van der Waals surface area (Å²) in [5.74, 6) is 5.53. The van der Waals surface area contributed by atoms with Crippen LogP contribution in [0.2, 0.25) is 0 Å². The fraction of sp³-hybridized carbons (Fsp3) is 0.588. The number of aryl methyl sites for hydroxylation is 1. The van der Waals surface area contributed by atoms with Crippen molar-refractivity contribution in [2.45, 2.75) is 52.5 Å². The molecule has 2 rings (SSSR count). The number of nitrogens with one attached hydrogen (secondary N) is 1. The molecule has 1 heterocycles. The third kappa shape index (κ3) is 4.33. The molecule has 0 aromatic carbocycles. The summed E-state index contributed by atoms with van der Waals surface area (Å²) in [6.45, 7) is 6.32. The monoisotopic (exact) mass is 305 g/mol. The van der Waals surface area contributed by atoms with E-state index in [9.17, 15) is 4.79 Å². The highest BCUT2D eigenvalue weighted by molar-refractivity contribution is 7.14. The summed E-state index contributed by atoms with van der Waals surface area (Å²) in [6, 6.07) is 2.16. The van der Waals surface area contributed by atoms with Gasteiger partial charge in [0.25, 0.3) is 5.91 Å². The van der Waals surface area contributed by atoms with Crippen LogP contribution in [-0.2, 0) is 0 Å². The lowest BCUT2D eigenvalue weighted by Crippen LogP contribution is -2.40. The lowest BCUT2D eigenvalue weighted by molar-refractivity contribution is 0.0906. The molecule has 4 heteroatoms. The zero-order chi connectivity index (χ0) is 15.5. The van der Waals surface area contributed by atoms with Crippen LogP contribution in [0.1, 0.15) is 59.6 Å². The molecule has 0 spiro atoms. The van der Waals surface area contributed by atoms with Gasteiger partial charge in [-0.3, -0.25) is 4.79 Å². The van der Waals surface area contributed by atoms with Crippen LogP contribution in [0.3, 0.4) is 0 Å². The van der Waals surface area contributed by atoms with E-state index in [1.165, 1.54) is 24.2 Å². The van der Waals surface area contributed by atoms with Crippen LogP contribution >= 0.6 is 11.3 Å². The second-order valence-electron chi connectivity index (χ2n) is 6.51. The van der Waals surface area contributed by atoms with Crippen molar-refractivity contribution in [2.24, 2.45) is 5.41 Å². The van der Waals surface area contributed by atoms with Crippen molar-refractivity contribution < 1.29 is 9.90 Å². The highest BCUT2D eigenvalue weighted by Gasteiger charge is 2.29. The molecule has 114 valence electrons. The number of thiophene rings is 1. The van der Waals surface area contributed by atoms with Gasteiger partial charge in [-0.05, 0) is 43.2 Å². The van der Waals surface area contributed by atoms with Crippen molar-refractivity contribution in [1.29, 1.82) is 0 Å². The molecule has 1 aromatic heterocycles. The van der Waals surface area contributed by atoms with E-state index in [2.05, 4.69) is 31.0 Å². The number of rotatable bonds is 2. The van der Waals surface area contributed by atoms with Gasteiger partial charge in [0.2, 0.25) is 0 Å². The molecule has 1 unspecified atom stereocenters. The van der Waals surface area contributed by atoms with E-state index in [0.717, 1.165) is 23.3 Å². The Morgan fingerprint density at radius 2 is 2.33 bits per heavy atom. The Hall–Kier alpha value is -1.31. The van der Waals surface area contributed by atoms with Crippen LogP contribution in [-0.4, -0.2) is 23.7 Å². The van der Waals surface area contributed by atoms with Gasteiger partial charge in [-0.25, -0.2) is 0 Å². The molecule has 0 bridgehead atoms. The van der Waals surface area contributed by atoms with Crippen molar-refractivity contribution >= 4 is 17.2 Å². The van der Waals surface area contributed by atoms with Crippen molar-refractivity contribution in [3.8, 4) is 11.8 Å². The third-order valence-corrected chi connectivity index (χ3v) is 5.11. The van der Waals surface area contributed by atoms with Crippen LogP contribution in [0.4, 0.5) is 0 Å². The molecule has 1 atom stereocenters. The van der Waals surface area contributed by atoms with E-state index in [1.807, 2.05) is 13.0 Å². The van der Waals surface area contributed by atoms with Crippen LogP contribution in [0.25, 0.3) is 0 Å². The average Bonchev–Trinajstić information content (AvgIpc) is 2.76. The summed E-state index contributed by atoms with van der Waals surface area (Å²) in [7, 11) is 0. The predicted octanol–water partition coefficient (Wildman–Crippen LogP) is 3.10. The second kappa shape index (κ2) is 6.64. The van der Waals surface area contributed by atoms with Gasteiger partial charge in [0, 0.05) is 6.04 Å². The van der Waals surface area contributed by atoms with Crippen molar-refractivity contribution in [3.63, 3.8) is 0 Å². The Balaban J connectivity index is 2.03. The van der Waals surface area contributed by atoms with E-state index in [4.69, 9.17) is 5.11 Å². The van der Waals surface area contributed by atoms with Crippen LogP contribution < -0.4 is 5.32 Å². The van der Waals surface area contributed by atoms with Gasteiger partial charge in [-0.1, -0.05) is 32.1 Å². The standard InChI is InChI=1S/C17H23NO2S/c1-12-10-15(21-14(12)7-5-9-19)16(20)18-13-6-4-8-17(2,3)11-13/h10,13,19H,4,6,8-9,11H2,1-3H3,(H,18,20). The Labute approximate surface area is 130 Å². The minimum Gasteiger partial charge on any atom is -0.384 e. The molecular formula is C17H23NO2S. The number of carbonyl (C=O) groups excluding carboxylic acids is 1. The van der Waals surface area contributed by atoms with Crippen LogP contribution in [0, 0.1) is 24.2 Å². The Bertz CT molecular complexity index is 577. The molecule has 0 saturated heterocycles. The predicted molar refractivity (Wildman–Crippen MR) is 86.5 cm³/mol. The van der Waals surface area contributed by atoms with E-state index in [0.29, 0.717) is 10.3 Å². The molecule has 1 fully saturated rings. The van der Waals surface area contributed by atoms with Gasteiger partial charge >= 0.3 is 0 Å². The normalized spacial score (nSPS) is 20.5. The maximum Gasteiger partial charge on any atom is 0.261 e. The van der Waals surface area contributed by atoms with Gasteiger partial charge in [-0.2, -0.15) is 0 Å². The molecule has 0 radical (unpaired) electrons. The van der Waals surface area contributed by atoms with E-state index >= 15 is 0 Å².